The first-order valence-corrected chi connectivity index (χ1v) is 4.42. The first kappa shape index (κ1) is 10.6. The van der Waals surface area contributed by atoms with E-state index in [1.54, 1.807) is 0 Å². The molecule has 0 aromatic carbocycles. The Morgan fingerprint density at radius 1 is 1.71 bits per heavy atom. The second-order valence-corrected chi connectivity index (χ2v) is 3.09. The van der Waals surface area contributed by atoms with Crippen LogP contribution in [0.1, 0.15) is 42.2 Å². The predicted octanol–water partition coefficient (Wildman–Crippen LogP) is 0.610. The molecule has 0 aliphatic heterocycles. The van der Waals surface area contributed by atoms with E-state index in [1.807, 2.05) is 6.92 Å². The normalized spacial score (nSPS) is 12.7. The molecule has 1 aromatic heterocycles. The Hall–Kier alpha value is -1.43. The molecule has 1 aromatic rings. The van der Waals surface area contributed by atoms with Crippen molar-refractivity contribution in [1.29, 1.82) is 0 Å². The largest absolute Gasteiger partial charge is 0.475 e. The monoisotopic (exact) mass is 199 g/mol. The van der Waals surface area contributed by atoms with Gasteiger partial charge in [-0.3, -0.25) is 0 Å². The maximum Gasteiger partial charge on any atom is 0.377 e. The van der Waals surface area contributed by atoms with Crippen LogP contribution in [0.25, 0.3) is 0 Å². The van der Waals surface area contributed by atoms with Crippen molar-refractivity contribution in [1.82, 2.24) is 10.1 Å². The smallest absolute Gasteiger partial charge is 0.377 e. The van der Waals surface area contributed by atoms with E-state index >= 15 is 0 Å². The topological polar surface area (TPSA) is 102 Å². The molecule has 78 valence electrons. The van der Waals surface area contributed by atoms with E-state index in [-0.39, 0.29) is 11.7 Å². The Morgan fingerprint density at radius 2 is 2.43 bits per heavy atom. The minimum Gasteiger partial charge on any atom is -0.475 e. The molecule has 0 aliphatic carbocycles. The highest BCUT2D eigenvalue weighted by molar-refractivity contribution is 5.82. The Bertz CT molecular complexity index is 311. The number of aromatic carboxylic acids is 1. The third-order valence-corrected chi connectivity index (χ3v) is 1.90. The lowest BCUT2D eigenvalue weighted by Crippen LogP contribution is -2.03. The van der Waals surface area contributed by atoms with Crippen molar-refractivity contribution >= 4 is 5.97 Å². The molecule has 0 fully saturated rings. The van der Waals surface area contributed by atoms with E-state index in [0.29, 0.717) is 12.4 Å². The summed E-state index contributed by atoms with van der Waals surface area (Å²) in [5.74, 6) is -1.05. The van der Waals surface area contributed by atoms with Gasteiger partial charge in [-0.25, -0.2) is 4.79 Å². The highest BCUT2D eigenvalue weighted by Gasteiger charge is 2.17. The van der Waals surface area contributed by atoms with Crippen LogP contribution in [0.4, 0.5) is 0 Å². The summed E-state index contributed by atoms with van der Waals surface area (Å²) in [6, 6.07) is 0. The zero-order valence-corrected chi connectivity index (χ0v) is 7.93. The van der Waals surface area contributed by atoms with Crippen molar-refractivity contribution in [2.75, 3.05) is 6.54 Å². The molecule has 0 saturated carbocycles. The lowest BCUT2D eigenvalue weighted by Gasteiger charge is -2.03. The van der Waals surface area contributed by atoms with Crippen LogP contribution in [0, 0.1) is 0 Å². The maximum absolute atomic E-state index is 10.4. The van der Waals surface area contributed by atoms with Gasteiger partial charge in [-0.1, -0.05) is 6.92 Å². The van der Waals surface area contributed by atoms with Gasteiger partial charge < -0.3 is 15.4 Å². The molecule has 0 spiro atoms. The fraction of sp³-hybridized carbons (Fsp3) is 0.625. The molecule has 6 heteroatoms. The van der Waals surface area contributed by atoms with Gasteiger partial charge in [0, 0.05) is 5.92 Å². The van der Waals surface area contributed by atoms with Crippen molar-refractivity contribution < 1.29 is 14.4 Å². The predicted molar refractivity (Wildman–Crippen MR) is 48.0 cm³/mol. The molecule has 6 nitrogen and oxygen atoms in total. The van der Waals surface area contributed by atoms with Crippen LogP contribution in [0.15, 0.2) is 4.52 Å². The number of hydrogen-bond acceptors (Lipinski definition) is 5. The average molecular weight is 199 g/mol. The number of carbonyl (C=O) groups is 1. The summed E-state index contributed by atoms with van der Waals surface area (Å²) in [7, 11) is 0. The van der Waals surface area contributed by atoms with Crippen LogP contribution in [-0.2, 0) is 0 Å². The maximum atomic E-state index is 10.4. The summed E-state index contributed by atoms with van der Waals surface area (Å²) in [5.41, 5.74) is 5.35. The molecule has 1 rings (SSSR count). The van der Waals surface area contributed by atoms with Gasteiger partial charge >= 0.3 is 5.97 Å². The third kappa shape index (κ3) is 2.53. The van der Waals surface area contributed by atoms with Gasteiger partial charge in [0.25, 0.3) is 5.82 Å². The number of aromatic nitrogens is 2. The highest BCUT2D eigenvalue weighted by Crippen LogP contribution is 2.17. The second-order valence-electron chi connectivity index (χ2n) is 3.09. The van der Waals surface area contributed by atoms with Gasteiger partial charge in [0.05, 0.1) is 0 Å². The highest BCUT2D eigenvalue weighted by atomic mass is 16.5. The SMILES string of the molecule is CC(CCCN)c1nc(C(=O)O)no1. The summed E-state index contributed by atoms with van der Waals surface area (Å²) in [5, 5.41) is 11.9. The molecule has 0 aliphatic rings. The zero-order valence-electron chi connectivity index (χ0n) is 7.93. The number of nitrogens with two attached hydrogens (primary N) is 1. The fourth-order valence-corrected chi connectivity index (χ4v) is 1.07. The van der Waals surface area contributed by atoms with E-state index < -0.39 is 5.97 Å². The number of carboxylic acids is 1. The van der Waals surface area contributed by atoms with Crippen LogP contribution >= 0.6 is 0 Å². The first-order chi connectivity index (χ1) is 6.65. The van der Waals surface area contributed by atoms with Gasteiger partial charge in [0.1, 0.15) is 0 Å². The van der Waals surface area contributed by atoms with Gasteiger partial charge in [-0.05, 0) is 24.5 Å². The summed E-state index contributed by atoms with van der Waals surface area (Å²) in [6.07, 6.45) is 1.67. The van der Waals surface area contributed by atoms with Gasteiger partial charge in [0.2, 0.25) is 5.89 Å². The Labute approximate surface area is 81.1 Å². The Kier molecular flexibility index (Phi) is 3.58. The number of hydrogen-bond donors (Lipinski definition) is 2. The summed E-state index contributed by atoms with van der Waals surface area (Å²) < 4.78 is 4.80. The molecule has 3 N–H and O–H groups in total. The van der Waals surface area contributed by atoms with Crippen LogP contribution in [0.5, 0.6) is 0 Å². The molecule has 1 heterocycles. The molecular formula is C8H13N3O3. The average Bonchev–Trinajstić information content (AvgIpc) is 2.62. The van der Waals surface area contributed by atoms with Gasteiger partial charge in [-0.15, -0.1) is 0 Å². The molecule has 0 radical (unpaired) electrons. The van der Waals surface area contributed by atoms with E-state index in [4.69, 9.17) is 15.4 Å². The van der Waals surface area contributed by atoms with Crippen molar-refractivity contribution in [2.24, 2.45) is 5.73 Å². The number of carboxylic acid groups (broad SMARTS) is 1. The van der Waals surface area contributed by atoms with Gasteiger partial charge in [-0.2, -0.15) is 4.98 Å². The lowest BCUT2D eigenvalue weighted by atomic mass is 10.1. The van der Waals surface area contributed by atoms with Crippen molar-refractivity contribution in [3.8, 4) is 0 Å². The van der Waals surface area contributed by atoms with Crippen LogP contribution in [-0.4, -0.2) is 27.8 Å². The van der Waals surface area contributed by atoms with E-state index in [0.717, 1.165) is 12.8 Å². The van der Waals surface area contributed by atoms with E-state index in [1.165, 1.54) is 0 Å². The molecule has 1 unspecified atom stereocenters. The fourth-order valence-electron chi connectivity index (χ4n) is 1.07. The van der Waals surface area contributed by atoms with Gasteiger partial charge in [0.15, 0.2) is 0 Å². The molecule has 0 saturated heterocycles. The standard InChI is InChI=1S/C8H13N3O3/c1-5(3-2-4-9)7-10-6(8(12)13)11-14-7/h5H,2-4,9H2,1H3,(H,12,13). The Morgan fingerprint density at radius 3 is 2.93 bits per heavy atom. The minimum absolute atomic E-state index is 0.0548. The van der Waals surface area contributed by atoms with Crippen molar-refractivity contribution in [3.05, 3.63) is 11.7 Å². The number of nitrogens with zero attached hydrogens (tertiary/aromatic N) is 2. The Balaban J connectivity index is 2.61. The second kappa shape index (κ2) is 4.71. The van der Waals surface area contributed by atoms with Crippen LogP contribution < -0.4 is 5.73 Å². The summed E-state index contributed by atoms with van der Waals surface area (Å²) in [6.45, 7) is 2.50. The molecular weight excluding hydrogens is 186 g/mol. The quantitative estimate of drug-likeness (QED) is 0.720. The van der Waals surface area contributed by atoms with E-state index in [9.17, 15) is 4.79 Å². The molecule has 14 heavy (non-hydrogen) atoms. The third-order valence-electron chi connectivity index (χ3n) is 1.90. The van der Waals surface area contributed by atoms with Crippen LogP contribution in [0.2, 0.25) is 0 Å². The lowest BCUT2D eigenvalue weighted by molar-refractivity contribution is 0.0680. The zero-order chi connectivity index (χ0) is 10.6. The van der Waals surface area contributed by atoms with Crippen LogP contribution in [0.3, 0.4) is 0 Å². The molecule has 0 amide bonds. The summed E-state index contributed by atoms with van der Waals surface area (Å²) in [4.78, 5) is 14.2. The van der Waals surface area contributed by atoms with Crippen molar-refractivity contribution in [3.63, 3.8) is 0 Å². The van der Waals surface area contributed by atoms with Crippen molar-refractivity contribution in [2.45, 2.75) is 25.7 Å². The molecule has 1 atom stereocenters. The number of rotatable bonds is 5. The minimum atomic E-state index is -1.17. The van der Waals surface area contributed by atoms with E-state index in [2.05, 4.69) is 10.1 Å². The summed E-state index contributed by atoms with van der Waals surface area (Å²) >= 11 is 0. The first-order valence-electron chi connectivity index (χ1n) is 4.42. The molecule has 0 bridgehead atoms.